The molecule has 1 aromatic heterocycles. The van der Waals surface area contributed by atoms with Crippen molar-refractivity contribution < 1.29 is 14.6 Å². The number of rotatable bonds is 8. The predicted molar refractivity (Wildman–Crippen MR) is 128 cm³/mol. The number of hydrogen-bond acceptors (Lipinski definition) is 9. The number of benzene rings is 3. The van der Waals surface area contributed by atoms with Crippen LogP contribution in [0.2, 0.25) is 0 Å². The second kappa shape index (κ2) is 9.36. The van der Waals surface area contributed by atoms with E-state index in [2.05, 4.69) is 20.6 Å². The van der Waals surface area contributed by atoms with E-state index in [9.17, 15) is 20.2 Å². The van der Waals surface area contributed by atoms with Crippen LogP contribution in [0.3, 0.4) is 0 Å². The van der Waals surface area contributed by atoms with Crippen LogP contribution in [-0.4, -0.2) is 26.9 Å². The Bertz CT molecular complexity index is 1380. The number of nitro groups is 2. The maximum Gasteiger partial charge on any atom is 0.348 e. The summed E-state index contributed by atoms with van der Waals surface area (Å²) in [6.45, 7) is 1.94. The van der Waals surface area contributed by atoms with Gasteiger partial charge in [0.25, 0.3) is 0 Å². The molecule has 3 aromatic carbocycles. The third kappa shape index (κ3) is 4.53. The molecule has 4 aromatic rings. The second-order valence-corrected chi connectivity index (χ2v) is 7.37. The van der Waals surface area contributed by atoms with Gasteiger partial charge in [0.2, 0.25) is 0 Å². The molecule has 11 heteroatoms. The summed E-state index contributed by atoms with van der Waals surface area (Å²) in [6, 6.07) is 18.8. The van der Waals surface area contributed by atoms with E-state index in [-0.39, 0.29) is 22.9 Å². The fraction of sp³-hybridized carbons (Fsp3) is 0.130. The molecular weight excluding hydrogens is 440 g/mol. The summed E-state index contributed by atoms with van der Waals surface area (Å²) < 4.78 is 5.39. The molecule has 1 atom stereocenters. The molecule has 172 valence electrons. The first-order valence-corrected chi connectivity index (χ1v) is 10.2. The van der Waals surface area contributed by atoms with E-state index in [1.165, 1.54) is 7.11 Å². The van der Waals surface area contributed by atoms with Crippen LogP contribution < -0.4 is 15.4 Å². The molecule has 0 saturated carbocycles. The molecule has 0 aliphatic heterocycles. The summed E-state index contributed by atoms with van der Waals surface area (Å²) in [5.41, 5.74) is 0.554. The molecule has 2 N–H and O–H groups in total. The van der Waals surface area contributed by atoms with E-state index in [4.69, 9.17) is 4.74 Å². The van der Waals surface area contributed by atoms with Crippen LogP contribution in [0.1, 0.15) is 18.5 Å². The Balaban J connectivity index is 1.86. The van der Waals surface area contributed by atoms with Crippen LogP contribution in [0.15, 0.2) is 66.7 Å². The number of nitrogens with one attached hydrogen (secondary N) is 2. The highest BCUT2D eigenvalue weighted by Crippen LogP contribution is 2.35. The van der Waals surface area contributed by atoms with E-state index < -0.39 is 21.2 Å². The normalized spacial score (nSPS) is 11.6. The van der Waals surface area contributed by atoms with Gasteiger partial charge < -0.3 is 15.4 Å². The van der Waals surface area contributed by atoms with E-state index in [0.29, 0.717) is 17.3 Å². The maximum atomic E-state index is 11.4. The number of ether oxygens (including phenoxy) is 1. The van der Waals surface area contributed by atoms with Gasteiger partial charge in [-0.05, 0) is 24.6 Å². The Labute approximate surface area is 193 Å². The van der Waals surface area contributed by atoms with Crippen LogP contribution in [0.25, 0.3) is 11.0 Å². The first-order chi connectivity index (χ1) is 16.4. The first-order valence-electron chi connectivity index (χ1n) is 10.2. The first kappa shape index (κ1) is 22.4. The summed E-state index contributed by atoms with van der Waals surface area (Å²) >= 11 is 0. The molecule has 0 aliphatic carbocycles. The third-order valence-electron chi connectivity index (χ3n) is 5.17. The zero-order valence-electron chi connectivity index (χ0n) is 18.3. The van der Waals surface area contributed by atoms with Crippen molar-refractivity contribution in [3.8, 4) is 5.75 Å². The minimum Gasteiger partial charge on any atom is -0.495 e. The van der Waals surface area contributed by atoms with Gasteiger partial charge in [0.15, 0.2) is 11.6 Å². The van der Waals surface area contributed by atoms with Crippen molar-refractivity contribution in [1.29, 1.82) is 0 Å². The molecule has 4 rings (SSSR count). The van der Waals surface area contributed by atoms with E-state index in [0.717, 1.165) is 17.7 Å². The predicted octanol–water partition coefficient (Wildman–Crippen LogP) is 5.37. The van der Waals surface area contributed by atoms with Crippen LogP contribution >= 0.6 is 0 Å². The van der Waals surface area contributed by atoms with Gasteiger partial charge in [-0.3, -0.25) is 20.2 Å². The van der Waals surface area contributed by atoms with Crippen molar-refractivity contribution in [2.45, 2.75) is 13.0 Å². The van der Waals surface area contributed by atoms with Gasteiger partial charge in [0.05, 0.1) is 51.9 Å². The molecule has 1 heterocycles. The van der Waals surface area contributed by atoms with Crippen molar-refractivity contribution >= 4 is 39.7 Å². The SMILES string of the molecule is COc1ccccc1Nc1nc2cc([N+](=O)[O-])c([N+](=O)[O-])cc2nc1N[C@H](C)c1ccccc1. The highest BCUT2D eigenvalue weighted by molar-refractivity contribution is 5.87. The molecular formula is C23H20N6O5. The van der Waals surface area contributed by atoms with Crippen LogP contribution in [-0.2, 0) is 0 Å². The van der Waals surface area contributed by atoms with Gasteiger partial charge in [-0.2, -0.15) is 0 Å². The Morgan fingerprint density at radius 3 is 2.00 bits per heavy atom. The molecule has 0 bridgehead atoms. The Hall–Kier alpha value is -4.80. The Morgan fingerprint density at radius 2 is 1.41 bits per heavy atom. The summed E-state index contributed by atoms with van der Waals surface area (Å²) in [4.78, 5) is 30.2. The number of aromatic nitrogens is 2. The minimum atomic E-state index is -0.809. The van der Waals surface area contributed by atoms with Gasteiger partial charge in [-0.25, -0.2) is 9.97 Å². The third-order valence-corrected chi connectivity index (χ3v) is 5.17. The van der Waals surface area contributed by atoms with Gasteiger partial charge in [0.1, 0.15) is 5.75 Å². The molecule has 34 heavy (non-hydrogen) atoms. The van der Waals surface area contributed by atoms with Gasteiger partial charge >= 0.3 is 11.4 Å². The second-order valence-electron chi connectivity index (χ2n) is 7.37. The van der Waals surface area contributed by atoms with Crippen molar-refractivity contribution in [3.63, 3.8) is 0 Å². The molecule has 0 saturated heterocycles. The van der Waals surface area contributed by atoms with Crippen molar-refractivity contribution in [3.05, 3.63) is 92.5 Å². The van der Waals surface area contributed by atoms with Crippen LogP contribution in [0.4, 0.5) is 28.7 Å². The smallest absolute Gasteiger partial charge is 0.348 e. The number of methoxy groups -OCH3 is 1. The molecule has 0 spiro atoms. The lowest BCUT2D eigenvalue weighted by Crippen LogP contribution is -2.11. The lowest BCUT2D eigenvalue weighted by atomic mass is 10.1. The highest BCUT2D eigenvalue weighted by Gasteiger charge is 2.27. The molecule has 0 radical (unpaired) electrons. The van der Waals surface area contributed by atoms with Gasteiger partial charge in [0, 0.05) is 0 Å². The highest BCUT2D eigenvalue weighted by atomic mass is 16.6. The average molecular weight is 460 g/mol. The monoisotopic (exact) mass is 460 g/mol. The van der Waals surface area contributed by atoms with Crippen molar-refractivity contribution in [2.75, 3.05) is 17.7 Å². The molecule has 0 aliphatic rings. The molecule has 0 amide bonds. The number of para-hydroxylation sites is 2. The lowest BCUT2D eigenvalue weighted by molar-refractivity contribution is -0.422. The summed E-state index contributed by atoms with van der Waals surface area (Å²) in [5.74, 6) is 1.15. The number of fused-ring (bicyclic) bond motifs is 1. The topological polar surface area (TPSA) is 145 Å². The zero-order chi connectivity index (χ0) is 24.2. The minimum absolute atomic E-state index is 0.132. The van der Waals surface area contributed by atoms with Crippen molar-refractivity contribution in [2.24, 2.45) is 0 Å². The number of hydrogen-bond donors (Lipinski definition) is 2. The molecule has 0 unspecified atom stereocenters. The van der Waals surface area contributed by atoms with E-state index in [1.807, 2.05) is 49.4 Å². The van der Waals surface area contributed by atoms with Crippen LogP contribution in [0.5, 0.6) is 5.75 Å². The van der Waals surface area contributed by atoms with E-state index >= 15 is 0 Å². The summed E-state index contributed by atoms with van der Waals surface area (Å²) in [6.07, 6.45) is 0. The lowest BCUT2D eigenvalue weighted by Gasteiger charge is -2.19. The van der Waals surface area contributed by atoms with Crippen LogP contribution in [0, 0.1) is 20.2 Å². The fourth-order valence-corrected chi connectivity index (χ4v) is 3.47. The van der Waals surface area contributed by atoms with Crippen molar-refractivity contribution in [1.82, 2.24) is 9.97 Å². The van der Waals surface area contributed by atoms with Gasteiger partial charge in [-0.15, -0.1) is 0 Å². The van der Waals surface area contributed by atoms with Gasteiger partial charge in [-0.1, -0.05) is 42.5 Å². The average Bonchev–Trinajstić information content (AvgIpc) is 2.84. The number of nitro benzene ring substituents is 2. The number of nitrogens with zero attached hydrogens (tertiary/aromatic N) is 4. The molecule has 11 nitrogen and oxygen atoms in total. The summed E-state index contributed by atoms with van der Waals surface area (Å²) in [7, 11) is 1.53. The fourth-order valence-electron chi connectivity index (χ4n) is 3.47. The Morgan fingerprint density at radius 1 is 0.853 bits per heavy atom. The maximum absolute atomic E-state index is 11.4. The summed E-state index contributed by atoms with van der Waals surface area (Å²) in [5, 5.41) is 29.3. The quantitative estimate of drug-likeness (QED) is 0.262. The standard InChI is InChI=1S/C23H20N6O5/c1-14(15-8-4-3-5-9-15)24-22-23(25-16-10-6-7-11-21(16)34-2)27-18-13-20(29(32)33)19(28(30)31)12-17(18)26-22/h3-14H,1-2H3,(H,24,26)(H,25,27)/t14-/m1/s1. The zero-order valence-corrected chi connectivity index (χ0v) is 18.3. The Kier molecular flexibility index (Phi) is 6.17. The van der Waals surface area contributed by atoms with E-state index in [1.54, 1.807) is 12.1 Å². The largest absolute Gasteiger partial charge is 0.495 e. The molecule has 0 fully saturated rings. The number of anilines is 3.